The van der Waals surface area contributed by atoms with Gasteiger partial charge in [0.2, 0.25) is 5.78 Å². The van der Waals surface area contributed by atoms with Crippen LogP contribution in [0.2, 0.25) is 0 Å². The number of piperidine rings is 1. The molecule has 1 amide bonds. The highest BCUT2D eigenvalue weighted by molar-refractivity contribution is 6.35. The first kappa shape index (κ1) is 14.4. The summed E-state index contributed by atoms with van der Waals surface area (Å²) in [4.78, 5) is 25.5. The number of rotatable bonds is 5. The number of hydrazone groups is 1. The second kappa shape index (κ2) is 7.55. The van der Waals surface area contributed by atoms with Gasteiger partial charge in [0.05, 0.1) is 12.8 Å². The molecular formula is C15H19N3O2. The third-order valence-electron chi connectivity index (χ3n) is 3.25. The summed E-state index contributed by atoms with van der Waals surface area (Å²) in [7, 11) is 0. The molecule has 106 valence electrons. The van der Waals surface area contributed by atoms with Crippen LogP contribution in [-0.4, -0.2) is 42.4 Å². The van der Waals surface area contributed by atoms with E-state index in [1.807, 2.05) is 6.07 Å². The average Bonchev–Trinajstić information content (AvgIpc) is 2.49. The molecule has 1 N–H and O–H groups in total. The first-order chi connectivity index (χ1) is 9.75. The number of nitrogens with one attached hydrogen (secondary N) is 1. The fourth-order valence-corrected chi connectivity index (χ4v) is 2.20. The van der Waals surface area contributed by atoms with Gasteiger partial charge in [-0.25, -0.2) is 5.43 Å². The Bertz CT molecular complexity index is 479. The van der Waals surface area contributed by atoms with Gasteiger partial charge >= 0.3 is 0 Å². The normalized spacial score (nSPS) is 16.2. The van der Waals surface area contributed by atoms with Crippen molar-refractivity contribution in [1.82, 2.24) is 10.3 Å². The summed E-state index contributed by atoms with van der Waals surface area (Å²) in [6, 6.07) is 8.84. The second-order valence-corrected chi connectivity index (χ2v) is 4.86. The van der Waals surface area contributed by atoms with Crippen LogP contribution in [0.5, 0.6) is 0 Å². The Morgan fingerprint density at radius 2 is 1.85 bits per heavy atom. The van der Waals surface area contributed by atoms with Gasteiger partial charge in [0, 0.05) is 5.56 Å². The van der Waals surface area contributed by atoms with E-state index in [-0.39, 0.29) is 11.7 Å². The zero-order valence-corrected chi connectivity index (χ0v) is 11.4. The van der Waals surface area contributed by atoms with Crippen LogP contribution in [0.15, 0.2) is 35.4 Å². The molecule has 2 rings (SSSR count). The van der Waals surface area contributed by atoms with Crippen LogP contribution in [0, 0.1) is 0 Å². The van der Waals surface area contributed by atoms with Gasteiger partial charge < -0.3 is 0 Å². The summed E-state index contributed by atoms with van der Waals surface area (Å²) in [6.45, 7) is 2.26. The number of likely N-dealkylation sites (tertiary alicyclic amines) is 1. The molecule has 0 spiro atoms. The van der Waals surface area contributed by atoms with E-state index < -0.39 is 0 Å². The van der Waals surface area contributed by atoms with Gasteiger partial charge in [-0.3, -0.25) is 14.5 Å². The number of carbonyl (C=O) groups is 2. The van der Waals surface area contributed by atoms with E-state index in [1.54, 1.807) is 24.3 Å². The monoisotopic (exact) mass is 273 g/mol. The molecule has 1 saturated heterocycles. The van der Waals surface area contributed by atoms with Gasteiger partial charge in [0.1, 0.15) is 0 Å². The lowest BCUT2D eigenvalue weighted by Crippen LogP contribution is -2.38. The predicted molar refractivity (Wildman–Crippen MR) is 77.7 cm³/mol. The molecule has 0 saturated carbocycles. The molecule has 1 aromatic carbocycles. The maximum Gasteiger partial charge on any atom is 0.254 e. The number of nitrogens with zero attached hydrogens (tertiary/aromatic N) is 2. The van der Waals surface area contributed by atoms with Crippen molar-refractivity contribution >= 4 is 17.9 Å². The van der Waals surface area contributed by atoms with Crippen molar-refractivity contribution in [2.45, 2.75) is 19.3 Å². The van der Waals surface area contributed by atoms with Crippen molar-refractivity contribution in [3.8, 4) is 0 Å². The Morgan fingerprint density at radius 3 is 2.55 bits per heavy atom. The highest BCUT2D eigenvalue weighted by atomic mass is 16.2. The van der Waals surface area contributed by atoms with Crippen LogP contribution in [-0.2, 0) is 4.79 Å². The van der Waals surface area contributed by atoms with Crippen molar-refractivity contribution in [1.29, 1.82) is 0 Å². The summed E-state index contributed by atoms with van der Waals surface area (Å²) < 4.78 is 0. The summed E-state index contributed by atoms with van der Waals surface area (Å²) in [5.74, 6) is -0.395. The lowest BCUT2D eigenvalue weighted by atomic mass is 10.1. The Balaban J connectivity index is 1.75. The lowest BCUT2D eigenvalue weighted by Gasteiger charge is -2.25. The zero-order valence-electron chi connectivity index (χ0n) is 11.4. The van der Waals surface area contributed by atoms with Crippen molar-refractivity contribution < 1.29 is 9.59 Å². The Kier molecular flexibility index (Phi) is 5.43. The topological polar surface area (TPSA) is 61.8 Å². The maximum absolute atomic E-state index is 11.7. The molecule has 0 aliphatic carbocycles. The molecule has 1 aromatic rings. The Labute approximate surface area is 118 Å². The number of carbonyl (C=O) groups excluding carboxylic acids is 2. The van der Waals surface area contributed by atoms with Gasteiger partial charge in [0.25, 0.3) is 5.91 Å². The van der Waals surface area contributed by atoms with Gasteiger partial charge in [-0.2, -0.15) is 5.10 Å². The van der Waals surface area contributed by atoms with E-state index in [0.717, 1.165) is 32.1 Å². The quantitative estimate of drug-likeness (QED) is 0.502. The van der Waals surface area contributed by atoms with Gasteiger partial charge in [-0.15, -0.1) is 0 Å². The van der Waals surface area contributed by atoms with Crippen LogP contribution in [0.3, 0.4) is 0 Å². The smallest absolute Gasteiger partial charge is 0.254 e. The predicted octanol–water partition coefficient (Wildman–Crippen LogP) is 1.46. The highest BCUT2D eigenvalue weighted by Gasteiger charge is 2.13. The molecule has 0 aromatic heterocycles. The third-order valence-corrected chi connectivity index (χ3v) is 3.25. The van der Waals surface area contributed by atoms with Crippen molar-refractivity contribution in [2.24, 2.45) is 5.10 Å². The van der Waals surface area contributed by atoms with Crippen LogP contribution in [0.25, 0.3) is 0 Å². The van der Waals surface area contributed by atoms with Crippen LogP contribution >= 0.6 is 0 Å². The van der Waals surface area contributed by atoms with Crippen molar-refractivity contribution in [2.75, 3.05) is 19.6 Å². The molecule has 0 atom stereocenters. The lowest BCUT2D eigenvalue weighted by molar-refractivity contribution is -0.122. The molecule has 1 aliphatic heterocycles. The number of benzene rings is 1. The number of hydrogen-bond acceptors (Lipinski definition) is 4. The summed E-state index contributed by atoms with van der Waals surface area (Å²) in [6.07, 6.45) is 4.66. The molecular weight excluding hydrogens is 254 g/mol. The molecule has 1 heterocycles. The highest BCUT2D eigenvalue weighted by Crippen LogP contribution is 2.07. The molecule has 1 aliphatic rings. The first-order valence-electron chi connectivity index (χ1n) is 6.89. The fourth-order valence-electron chi connectivity index (χ4n) is 2.20. The molecule has 0 bridgehead atoms. The van der Waals surface area contributed by atoms with Crippen LogP contribution in [0.1, 0.15) is 29.6 Å². The summed E-state index contributed by atoms with van der Waals surface area (Å²) in [5.41, 5.74) is 2.96. The largest absolute Gasteiger partial charge is 0.294 e. The maximum atomic E-state index is 11.7. The average molecular weight is 273 g/mol. The van der Waals surface area contributed by atoms with Crippen molar-refractivity contribution in [3.05, 3.63) is 35.9 Å². The third kappa shape index (κ3) is 4.59. The number of hydrogen-bond donors (Lipinski definition) is 1. The summed E-state index contributed by atoms with van der Waals surface area (Å²) >= 11 is 0. The Morgan fingerprint density at radius 1 is 1.15 bits per heavy atom. The van der Waals surface area contributed by atoms with Gasteiger partial charge in [0.15, 0.2) is 0 Å². The SMILES string of the molecule is O=C(CN1CCCCC1)N/N=C/C(=O)c1ccccc1. The standard InChI is InChI=1S/C15H19N3O2/c19-14(13-7-3-1-4-8-13)11-16-17-15(20)12-18-9-5-2-6-10-18/h1,3-4,7-8,11H,2,5-6,9-10,12H2,(H,17,20)/b16-11+. The molecule has 1 fully saturated rings. The first-order valence-corrected chi connectivity index (χ1v) is 6.89. The van der Waals surface area contributed by atoms with E-state index in [4.69, 9.17) is 0 Å². The van der Waals surface area contributed by atoms with Gasteiger partial charge in [-0.05, 0) is 25.9 Å². The van der Waals surface area contributed by atoms with Crippen molar-refractivity contribution in [3.63, 3.8) is 0 Å². The fraction of sp³-hybridized carbons (Fsp3) is 0.400. The van der Waals surface area contributed by atoms with E-state index in [2.05, 4.69) is 15.4 Å². The molecule has 0 unspecified atom stereocenters. The number of amides is 1. The minimum atomic E-state index is -0.219. The molecule has 5 nitrogen and oxygen atoms in total. The van der Waals surface area contributed by atoms with E-state index in [0.29, 0.717) is 12.1 Å². The number of Topliss-reactive ketones (excluding diaryl/α,β-unsaturated/α-hetero) is 1. The minimum absolute atomic E-state index is 0.177. The van der Waals surface area contributed by atoms with E-state index in [9.17, 15) is 9.59 Å². The molecule has 0 radical (unpaired) electrons. The minimum Gasteiger partial charge on any atom is -0.294 e. The van der Waals surface area contributed by atoms with Gasteiger partial charge in [-0.1, -0.05) is 36.8 Å². The van der Waals surface area contributed by atoms with E-state index in [1.165, 1.54) is 6.42 Å². The summed E-state index contributed by atoms with van der Waals surface area (Å²) in [5, 5.41) is 3.71. The van der Waals surface area contributed by atoms with E-state index >= 15 is 0 Å². The van der Waals surface area contributed by atoms with Crippen LogP contribution in [0.4, 0.5) is 0 Å². The second-order valence-electron chi connectivity index (χ2n) is 4.86. The number of ketones is 1. The Hall–Kier alpha value is -2.01. The molecule has 20 heavy (non-hydrogen) atoms. The molecule has 5 heteroatoms. The van der Waals surface area contributed by atoms with Crippen LogP contribution < -0.4 is 5.43 Å². The zero-order chi connectivity index (χ0) is 14.2.